The third-order valence-electron chi connectivity index (χ3n) is 2.69. The van der Waals surface area contributed by atoms with Gasteiger partial charge in [-0.3, -0.25) is 19.9 Å². The van der Waals surface area contributed by atoms with Crippen LogP contribution in [0.1, 0.15) is 10.4 Å². The lowest BCUT2D eigenvalue weighted by Gasteiger charge is -2.15. The van der Waals surface area contributed by atoms with Gasteiger partial charge < -0.3 is 0 Å². The summed E-state index contributed by atoms with van der Waals surface area (Å²) in [6, 6.07) is 6.95. The molecule has 1 N–H and O–H groups in total. The molecule has 2 aromatic rings. The fourth-order valence-corrected chi connectivity index (χ4v) is 2.23. The molecule has 0 radical (unpaired) electrons. The molecule has 0 saturated heterocycles. The van der Waals surface area contributed by atoms with Crippen LogP contribution in [0, 0.1) is 5.92 Å². The number of aromatic nitrogens is 2. The molecule has 0 spiro atoms. The molecule has 19 heavy (non-hydrogen) atoms. The van der Waals surface area contributed by atoms with Gasteiger partial charge in [-0.05, 0) is 12.1 Å². The molecule has 1 atom stereocenters. The van der Waals surface area contributed by atoms with E-state index in [2.05, 4.69) is 20.5 Å². The number of Topliss-reactive ketones (excluding diaryl/α,β-unsaturated/α-hetero) is 1. The molecule has 1 aromatic carbocycles. The molecule has 1 unspecified atom stereocenters. The standard InChI is InChI=1S/C12H8N4O2S/c17-10-7-3-1-2-4-9(7)13-5-8(10)11(18)15-12-16-14-6-19-12/h1-6,8H,(H,15,16,18). The number of aliphatic imine (C=N–C) groups is 1. The van der Waals surface area contributed by atoms with Crippen molar-refractivity contribution < 1.29 is 9.59 Å². The summed E-state index contributed by atoms with van der Waals surface area (Å²) in [7, 11) is 0. The molecule has 2 heterocycles. The lowest BCUT2D eigenvalue weighted by molar-refractivity contribution is -0.116. The first-order valence-corrected chi connectivity index (χ1v) is 6.38. The van der Waals surface area contributed by atoms with Gasteiger partial charge in [0, 0.05) is 11.8 Å². The van der Waals surface area contributed by atoms with E-state index in [0.29, 0.717) is 16.4 Å². The van der Waals surface area contributed by atoms with Crippen LogP contribution < -0.4 is 5.32 Å². The van der Waals surface area contributed by atoms with Gasteiger partial charge in [-0.15, -0.1) is 10.2 Å². The van der Waals surface area contributed by atoms with Crippen molar-refractivity contribution >= 4 is 40.1 Å². The number of amides is 1. The first kappa shape index (κ1) is 11.7. The van der Waals surface area contributed by atoms with Crippen LogP contribution in [0.15, 0.2) is 34.8 Å². The lowest BCUT2D eigenvalue weighted by atomic mass is 9.94. The molecule has 0 bridgehead atoms. The summed E-state index contributed by atoms with van der Waals surface area (Å²) < 4.78 is 0. The van der Waals surface area contributed by atoms with Crippen molar-refractivity contribution in [3.05, 3.63) is 35.3 Å². The third-order valence-corrected chi connectivity index (χ3v) is 3.29. The number of anilines is 1. The first-order valence-electron chi connectivity index (χ1n) is 5.50. The molecule has 1 aliphatic heterocycles. The number of ketones is 1. The van der Waals surface area contributed by atoms with Crippen LogP contribution in [0.3, 0.4) is 0 Å². The second-order valence-corrected chi connectivity index (χ2v) is 4.70. The predicted molar refractivity (Wildman–Crippen MR) is 71.0 cm³/mol. The van der Waals surface area contributed by atoms with E-state index in [1.807, 2.05) is 0 Å². The molecule has 1 amide bonds. The molecule has 7 heteroatoms. The number of carbonyl (C=O) groups is 2. The Balaban J connectivity index is 1.84. The predicted octanol–water partition coefficient (Wildman–Crippen LogP) is 1.69. The fraction of sp³-hybridized carbons (Fsp3) is 0.0833. The zero-order chi connectivity index (χ0) is 13.2. The number of hydrogen-bond donors (Lipinski definition) is 1. The Bertz CT molecular complexity index is 666. The molecule has 3 rings (SSSR count). The molecule has 0 saturated carbocycles. The van der Waals surface area contributed by atoms with Crippen molar-refractivity contribution in [2.75, 3.05) is 5.32 Å². The molecule has 1 aromatic heterocycles. The minimum Gasteiger partial charge on any atom is -0.300 e. The van der Waals surface area contributed by atoms with Crippen LogP contribution >= 0.6 is 11.3 Å². The molecule has 0 fully saturated rings. The van der Waals surface area contributed by atoms with Crippen molar-refractivity contribution in [2.45, 2.75) is 0 Å². The zero-order valence-corrected chi connectivity index (χ0v) is 10.4. The molecule has 94 valence electrons. The number of fused-ring (bicyclic) bond motifs is 1. The van der Waals surface area contributed by atoms with Crippen LogP contribution in [0.5, 0.6) is 0 Å². The summed E-state index contributed by atoms with van der Waals surface area (Å²) in [5.41, 5.74) is 2.55. The van der Waals surface area contributed by atoms with Gasteiger partial charge in [-0.25, -0.2) is 0 Å². The van der Waals surface area contributed by atoms with Gasteiger partial charge in [0.1, 0.15) is 11.4 Å². The molecular formula is C12H8N4O2S. The van der Waals surface area contributed by atoms with Crippen molar-refractivity contribution in [2.24, 2.45) is 10.9 Å². The highest BCUT2D eigenvalue weighted by Crippen LogP contribution is 2.26. The Morgan fingerprint density at radius 2 is 2.16 bits per heavy atom. The van der Waals surface area contributed by atoms with E-state index in [1.165, 1.54) is 23.1 Å². The summed E-state index contributed by atoms with van der Waals surface area (Å²) >= 11 is 1.19. The SMILES string of the molecule is O=C(Nc1nncs1)C1C=Nc2ccccc2C1=O. The van der Waals surface area contributed by atoms with E-state index in [0.717, 1.165) is 0 Å². The highest BCUT2D eigenvalue weighted by Gasteiger charge is 2.30. The van der Waals surface area contributed by atoms with Crippen molar-refractivity contribution in [1.29, 1.82) is 0 Å². The second kappa shape index (κ2) is 4.69. The Morgan fingerprint density at radius 3 is 2.95 bits per heavy atom. The molecule has 1 aliphatic rings. The summed E-state index contributed by atoms with van der Waals surface area (Å²) in [6.45, 7) is 0. The molecule has 6 nitrogen and oxygen atoms in total. The topological polar surface area (TPSA) is 84.3 Å². The van der Waals surface area contributed by atoms with Crippen LogP contribution in [0.2, 0.25) is 0 Å². The number of rotatable bonds is 2. The summed E-state index contributed by atoms with van der Waals surface area (Å²) in [5.74, 6) is -1.62. The van der Waals surface area contributed by atoms with Gasteiger partial charge in [0.25, 0.3) is 0 Å². The second-order valence-electron chi connectivity index (χ2n) is 3.87. The minimum absolute atomic E-state index is 0.257. The Hall–Kier alpha value is -2.41. The maximum Gasteiger partial charge on any atom is 0.242 e. The van der Waals surface area contributed by atoms with E-state index in [9.17, 15) is 9.59 Å². The van der Waals surface area contributed by atoms with Crippen LogP contribution in [0.25, 0.3) is 0 Å². The van der Waals surface area contributed by atoms with Crippen LogP contribution in [0.4, 0.5) is 10.8 Å². The quantitative estimate of drug-likeness (QED) is 0.843. The number of nitrogens with one attached hydrogen (secondary N) is 1. The number of benzene rings is 1. The normalized spacial score (nSPS) is 17.1. The number of para-hydroxylation sites is 1. The summed E-state index contributed by atoms with van der Waals surface area (Å²) in [5, 5.41) is 10.2. The highest BCUT2D eigenvalue weighted by molar-refractivity contribution is 7.13. The van der Waals surface area contributed by atoms with Crippen LogP contribution in [-0.2, 0) is 4.79 Å². The number of carbonyl (C=O) groups excluding carboxylic acids is 2. The maximum absolute atomic E-state index is 12.2. The highest BCUT2D eigenvalue weighted by atomic mass is 32.1. The third kappa shape index (κ3) is 2.15. The zero-order valence-electron chi connectivity index (χ0n) is 9.61. The number of nitrogens with zero attached hydrogens (tertiary/aromatic N) is 3. The summed E-state index contributed by atoms with van der Waals surface area (Å²) in [4.78, 5) is 28.3. The van der Waals surface area contributed by atoms with Gasteiger partial charge in [0.15, 0.2) is 5.78 Å². The Labute approximate surface area is 112 Å². The molecular weight excluding hydrogens is 264 g/mol. The average molecular weight is 272 g/mol. The number of hydrogen-bond acceptors (Lipinski definition) is 6. The summed E-state index contributed by atoms with van der Waals surface area (Å²) in [6.07, 6.45) is 1.36. The van der Waals surface area contributed by atoms with Crippen molar-refractivity contribution in [3.8, 4) is 0 Å². The minimum atomic E-state index is -0.918. The van der Waals surface area contributed by atoms with E-state index >= 15 is 0 Å². The van der Waals surface area contributed by atoms with E-state index in [4.69, 9.17) is 0 Å². The van der Waals surface area contributed by atoms with Gasteiger partial charge in [-0.2, -0.15) is 0 Å². The van der Waals surface area contributed by atoms with Gasteiger partial charge >= 0.3 is 0 Å². The first-order chi connectivity index (χ1) is 9.25. The largest absolute Gasteiger partial charge is 0.300 e. The van der Waals surface area contributed by atoms with Crippen molar-refractivity contribution in [3.63, 3.8) is 0 Å². The van der Waals surface area contributed by atoms with E-state index in [-0.39, 0.29) is 5.78 Å². The molecule has 0 aliphatic carbocycles. The van der Waals surface area contributed by atoms with E-state index in [1.54, 1.807) is 24.3 Å². The van der Waals surface area contributed by atoms with Gasteiger partial charge in [0.2, 0.25) is 11.0 Å². The van der Waals surface area contributed by atoms with E-state index < -0.39 is 11.8 Å². The smallest absolute Gasteiger partial charge is 0.242 e. The lowest BCUT2D eigenvalue weighted by Crippen LogP contribution is -2.32. The van der Waals surface area contributed by atoms with Crippen molar-refractivity contribution in [1.82, 2.24) is 10.2 Å². The Morgan fingerprint density at radius 1 is 1.32 bits per heavy atom. The maximum atomic E-state index is 12.2. The van der Waals surface area contributed by atoms with Gasteiger partial charge in [-0.1, -0.05) is 23.5 Å². The Kier molecular flexibility index (Phi) is 2.88. The fourth-order valence-electron chi connectivity index (χ4n) is 1.78. The monoisotopic (exact) mass is 272 g/mol. The van der Waals surface area contributed by atoms with Crippen LogP contribution in [-0.4, -0.2) is 28.1 Å². The van der Waals surface area contributed by atoms with Gasteiger partial charge in [0.05, 0.1) is 5.69 Å². The average Bonchev–Trinajstić information content (AvgIpc) is 2.92.